The molecule has 3 atom stereocenters. The summed E-state index contributed by atoms with van der Waals surface area (Å²) in [6.07, 6.45) is 3.54. The van der Waals surface area contributed by atoms with Gasteiger partial charge in [0, 0.05) is 6.54 Å². The second kappa shape index (κ2) is 7.07. The molecule has 1 rings (SSSR count). The molecule has 0 radical (unpaired) electrons. The van der Waals surface area contributed by atoms with Gasteiger partial charge in [-0.3, -0.25) is 9.59 Å². The number of carbonyl (C=O) groups is 2. The number of rotatable bonds is 6. The van der Waals surface area contributed by atoms with E-state index in [9.17, 15) is 19.8 Å². The normalized spacial score (nSPS) is 26.1. The fraction of sp³-hybridized carbons (Fsp3) is 0.867. The summed E-state index contributed by atoms with van der Waals surface area (Å²) in [5.74, 6) is -1.84. The topological polar surface area (TPSA) is 86.6 Å². The van der Waals surface area contributed by atoms with E-state index in [-0.39, 0.29) is 12.5 Å². The Balaban J connectivity index is 2.54. The van der Waals surface area contributed by atoms with E-state index in [1.54, 1.807) is 6.92 Å². The lowest BCUT2D eigenvalue weighted by molar-refractivity contribution is -0.149. The fourth-order valence-corrected chi connectivity index (χ4v) is 3.10. The van der Waals surface area contributed by atoms with Crippen molar-refractivity contribution < 1.29 is 19.8 Å². The fourth-order valence-electron chi connectivity index (χ4n) is 3.10. The van der Waals surface area contributed by atoms with E-state index in [1.165, 1.54) is 0 Å². The van der Waals surface area contributed by atoms with E-state index in [0.717, 1.165) is 12.8 Å². The van der Waals surface area contributed by atoms with Crippen LogP contribution in [0.4, 0.5) is 0 Å². The van der Waals surface area contributed by atoms with E-state index in [0.29, 0.717) is 25.2 Å². The monoisotopic (exact) mass is 285 g/mol. The molecule has 116 valence electrons. The largest absolute Gasteiger partial charge is 0.481 e. The molecule has 5 heteroatoms. The summed E-state index contributed by atoms with van der Waals surface area (Å²) >= 11 is 0. The van der Waals surface area contributed by atoms with Gasteiger partial charge in [-0.25, -0.2) is 0 Å². The molecule has 3 N–H and O–H groups in total. The van der Waals surface area contributed by atoms with Crippen LogP contribution in [0, 0.1) is 17.8 Å². The van der Waals surface area contributed by atoms with Crippen molar-refractivity contribution in [2.45, 2.75) is 58.5 Å². The minimum Gasteiger partial charge on any atom is -0.481 e. The first-order valence-corrected chi connectivity index (χ1v) is 7.46. The molecule has 0 aromatic heterocycles. The summed E-state index contributed by atoms with van der Waals surface area (Å²) in [5.41, 5.74) is -0.947. The SMILES string of the molecule is CC(C)CC(C)(O)CNC(=O)C1CCCCC1C(=O)O. The van der Waals surface area contributed by atoms with Gasteiger partial charge in [0.1, 0.15) is 0 Å². The first-order chi connectivity index (χ1) is 9.23. The summed E-state index contributed by atoms with van der Waals surface area (Å²) in [7, 11) is 0. The van der Waals surface area contributed by atoms with Gasteiger partial charge in [-0.15, -0.1) is 0 Å². The van der Waals surface area contributed by atoms with Crippen LogP contribution < -0.4 is 5.32 Å². The van der Waals surface area contributed by atoms with Crippen molar-refractivity contribution in [3.63, 3.8) is 0 Å². The second-order valence-electron chi connectivity index (χ2n) is 6.65. The van der Waals surface area contributed by atoms with Crippen molar-refractivity contribution >= 4 is 11.9 Å². The summed E-state index contributed by atoms with van der Waals surface area (Å²) in [4.78, 5) is 23.3. The number of carbonyl (C=O) groups excluding carboxylic acids is 1. The highest BCUT2D eigenvalue weighted by Crippen LogP contribution is 2.30. The van der Waals surface area contributed by atoms with Crippen LogP contribution in [0.3, 0.4) is 0 Å². The number of nitrogens with one attached hydrogen (secondary N) is 1. The van der Waals surface area contributed by atoms with Gasteiger partial charge in [-0.1, -0.05) is 26.7 Å². The quantitative estimate of drug-likeness (QED) is 0.694. The first kappa shape index (κ1) is 17.0. The molecule has 0 aromatic carbocycles. The number of carboxylic acids is 1. The Kier molecular flexibility index (Phi) is 5.99. The summed E-state index contributed by atoms with van der Waals surface area (Å²) < 4.78 is 0. The number of aliphatic hydroxyl groups is 1. The number of aliphatic carboxylic acids is 1. The van der Waals surface area contributed by atoms with Gasteiger partial charge in [0.15, 0.2) is 0 Å². The number of amides is 1. The maximum atomic E-state index is 12.2. The van der Waals surface area contributed by atoms with Crippen molar-refractivity contribution in [2.24, 2.45) is 17.8 Å². The molecule has 1 aliphatic rings. The van der Waals surface area contributed by atoms with Crippen LogP contribution in [0.5, 0.6) is 0 Å². The van der Waals surface area contributed by atoms with Crippen molar-refractivity contribution in [3.8, 4) is 0 Å². The summed E-state index contributed by atoms with van der Waals surface area (Å²) in [5, 5.41) is 22.1. The number of hydrogen-bond acceptors (Lipinski definition) is 3. The Bertz CT molecular complexity index is 352. The van der Waals surface area contributed by atoms with E-state index in [1.807, 2.05) is 13.8 Å². The van der Waals surface area contributed by atoms with Crippen molar-refractivity contribution in [1.29, 1.82) is 0 Å². The van der Waals surface area contributed by atoms with Crippen LogP contribution in [-0.4, -0.2) is 34.2 Å². The molecule has 1 fully saturated rings. The van der Waals surface area contributed by atoms with Gasteiger partial charge in [0.2, 0.25) is 5.91 Å². The van der Waals surface area contributed by atoms with Crippen molar-refractivity contribution in [3.05, 3.63) is 0 Å². The van der Waals surface area contributed by atoms with Gasteiger partial charge in [0.05, 0.1) is 17.4 Å². The van der Waals surface area contributed by atoms with Gasteiger partial charge >= 0.3 is 5.97 Å². The second-order valence-corrected chi connectivity index (χ2v) is 6.65. The third-order valence-corrected chi connectivity index (χ3v) is 3.91. The molecular formula is C15H27NO4. The highest BCUT2D eigenvalue weighted by Gasteiger charge is 2.36. The lowest BCUT2D eigenvalue weighted by atomic mass is 9.78. The van der Waals surface area contributed by atoms with Gasteiger partial charge in [-0.05, 0) is 32.1 Å². The zero-order valence-corrected chi connectivity index (χ0v) is 12.7. The number of hydrogen-bond donors (Lipinski definition) is 3. The number of carboxylic acid groups (broad SMARTS) is 1. The third-order valence-electron chi connectivity index (χ3n) is 3.91. The Morgan fingerprint density at radius 3 is 2.30 bits per heavy atom. The van der Waals surface area contributed by atoms with Crippen LogP contribution in [0.2, 0.25) is 0 Å². The zero-order chi connectivity index (χ0) is 15.3. The van der Waals surface area contributed by atoms with Crippen molar-refractivity contribution in [2.75, 3.05) is 6.54 Å². The predicted molar refractivity (Wildman–Crippen MR) is 76.2 cm³/mol. The minimum absolute atomic E-state index is 0.173. The third kappa shape index (κ3) is 5.12. The lowest BCUT2D eigenvalue weighted by Crippen LogP contribution is -2.46. The molecule has 5 nitrogen and oxygen atoms in total. The Labute approximate surface area is 120 Å². The molecule has 1 amide bonds. The zero-order valence-electron chi connectivity index (χ0n) is 12.7. The molecule has 0 heterocycles. The summed E-state index contributed by atoms with van der Waals surface area (Å²) in [6, 6.07) is 0. The predicted octanol–water partition coefficient (Wildman–Crippen LogP) is 1.79. The molecule has 0 saturated heterocycles. The van der Waals surface area contributed by atoms with Gasteiger partial charge in [-0.2, -0.15) is 0 Å². The van der Waals surface area contributed by atoms with Crippen LogP contribution in [0.15, 0.2) is 0 Å². The molecule has 0 aliphatic heterocycles. The summed E-state index contributed by atoms with van der Waals surface area (Å²) in [6.45, 7) is 5.89. The average molecular weight is 285 g/mol. The maximum absolute atomic E-state index is 12.2. The van der Waals surface area contributed by atoms with Gasteiger partial charge in [0.25, 0.3) is 0 Å². The highest BCUT2D eigenvalue weighted by atomic mass is 16.4. The van der Waals surface area contributed by atoms with E-state index in [2.05, 4.69) is 5.32 Å². The van der Waals surface area contributed by atoms with Gasteiger partial charge < -0.3 is 15.5 Å². The van der Waals surface area contributed by atoms with E-state index < -0.39 is 23.4 Å². The highest BCUT2D eigenvalue weighted by molar-refractivity contribution is 5.84. The molecule has 1 saturated carbocycles. The average Bonchev–Trinajstić information content (AvgIpc) is 2.34. The molecule has 0 spiro atoms. The lowest BCUT2D eigenvalue weighted by Gasteiger charge is -2.30. The van der Waals surface area contributed by atoms with Crippen LogP contribution in [0.25, 0.3) is 0 Å². The molecule has 3 unspecified atom stereocenters. The Morgan fingerprint density at radius 2 is 1.80 bits per heavy atom. The molecular weight excluding hydrogens is 258 g/mol. The van der Waals surface area contributed by atoms with E-state index >= 15 is 0 Å². The smallest absolute Gasteiger partial charge is 0.307 e. The first-order valence-electron chi connectivity index (χ1n) is 7.46. The molecule has 1 aliphatic carbocycles. The minimum atomic E-state index is -0.947. The van der Waals surface area contributed by atoms with Crippen LogP contribution in [-0.2, 0) is 9.59 Å². The van der Waals surface area contributed by atoms with Crippen molar-refractivity contribution in [1.82, 2.24) is 5.32 Å². The standard InChI is InChI=1S/C15H27NO4/c1-10(2)8-15(3,20)9-16-13(17)11-6-4-5-7-12(11)14(18)19/h10-12,20H,4-9H2,1-3H3,(H,16,17)(H,18,19). The van der Waals surface area contributed by atoms with Crippen LogP contribution >= 0.6 is 0 Å². The Hall–Kier alpha value is -1.10. The Morgan fingerprint density at radius 1 is 1.25 bits per heavy atom. The maximum Gasteiger partial charge on any atom is 0.307 e. The van der Waals surface area contributed by atoms with E-state index in [4.69, 9.17) is 0 Å². The molecule has 0 aromatic rings. The molecule has 20 heavy (non-hydrogen) atoms. The van der Waals surface area contributed by atoms with Crippen LogP contribution in [0.1, 0.15) is 52.9 Å². The molecule has 0 bridgehead atoms.